The Bertz CT molecular complexity index is 2120. The number of aliphatic hydroxyl groups is 1. The maximum absolute atomic E-state index is 14.0. The molecule has 4 fully saturated rings. The molecule has 0 radical (unpaired) electrons. The van der Waals surface area contributed by atoms with Crippen LogP contribution in [0.2, 0.25) is 0 Å². The zero-order valence-electron chi connectivity index (χ0n) is 38.6. The highest BCUT2D eigenvalue weighted by Crippen LogP contribution is 2.43. The second-order valence-electron chi connectivity index (χ2n) is 19.8. The number of aliphatic hydroxyl groups excluding tert-OH is 1. The van der Waals surface area contributed by atoms with E-state index in [1.165, 1.54) is 10.6 Å². The lowest BCUT2D eigenvalue weighted by Crippen LogP contribution is -2.61. The number of aromatic nitrogens is 2. The van der Waals surface area contributed by atoms with Crippen LogP contribution in [-0.4, -0.2) is 150 Å². The summed E-state index contributed by atoms with van der Waals surface area (Å²) in [5.74, 6) is -1.31. The van der Waals surface area contributed by atoms with E-state index in [4.69, 9.17) is 19.2 Å². The molecule has 4 aliphatic heterocycles. The molecular formula is C47H70N8O8. The molecule has 6 heterocycles. The number of alkyl carbamates (subject to hydrolysis) is 1. The number of morpholine rings is 2. The predicted molar refractivity (Wildman–Crippen MR) is 243 cm³/mol. The number of carbonyl (C=O) groups is 3. The number of fused-ring (bicyclic) bond motifs is 2. The first kappa shape index (κ1) is 46.5. The summed E-state index contributed by atoms with van der Waals surface area (Å²) in [6.45, 7) is 23.9. The van der Waals surface area contributed by atoms with Gasteiger partial charge in [0.25, 0.3) is 5.91 Å². The SMILES string of the molecule is CCn1c(-c2cc(N3CCN4CCOC[C@@H]4C3)cnc2C(C)C)c(CC(C)(C)CO)c2cc(N3CCO[C@@H](C[C@H](NC(=O)OC(C)(C)C)C(=O)N4CCC[C@@H](C(=O)O)N4)C3)ccc21. The highest BCUT2D eigenvalue weighted by atomic mass is 16.6. The number of rotatable bonds is 13. The van der Waals surface area contributed by atoms with Crippen molar-refractivity contribution in [3.05, 3.63) is 41.7 Å². The Balaban J connectivity index is 1.22. The quantitative estimate of drug-likeness (QED) is 0.181. The molecular weight excluding hydrogens is 805 g/mol. The Morgan fingerprint density at radius 3 is 2.49 bits per heavy atom. The molecule has 3 aromatic rings. The third-order valence-electron chi connectivity index (χ3n) is 12.8. The molecule has 4 atom stereocenters. The Hall–Kier alpha value is -4.48. The first-order chi connectivity index (χ1) is 29.9. The van der Waals surface area contributed by atoms with Crippen molar-refractivity contribution < 1.29 is 38.8 Å². The van der Waals surface area contributed by atoms with Gasteiger partial charge in [0, 0.05) is 87.5 Å². The lowest BCUT2D eigenvalue weighted by Gasteiger charge is -2.44. The number of carboxylic acid groups (broad SMARTS) is 1. The molecule has 4 saturated heterocycles. The fourth-order valence-electron chi connectivity index (χ4n) is 9.57. The molecule has 16 nitrogen and oxygen atoms in total. The van der Waals surface area contributed by atoms with Crippen molar-refractivity contribution in [3.8, 4) is 11.3 Å². The fourth-order valence-corrected chi connectivity index (χ4v) is 9.57. The molecule has 2 aromatic heterocycles. The lowest BCUT2D eigenvalue weighted by atomic mass is 9.84. The summed E-state index contributed by atoms with van der Waals surface area (Å²) in [5, 5.41) is 25.6. The number of hydrazine groups is 1. The minimum Gasteiger partial charge on any atom is -0.480 e. The van der Waals surface area contributed by atoms with Crippen molar-refractivity contribution >= 4 is 40.2 Å². The predicted octanol–water partition coefficient (Wildman–Crippen LogP) is 5.00. The van der Waals surface area contributed by atoms with Crippen LogP contribution in [0.15, 0.2) is 30.5 Å². The number of nitrogens with one attached hydrogen (secondary N) is 2. The zero-order chi connectivity index (χ0) is 45.2. The molecule has 7 rings (SSSR count). The third-order valence-corrected chi connectivity index (χ3v) is 12.8. The number of carboxylic acids is 1. The van der Waals surface area contributed by atoms with Crippen molar-refractivity contribution in [2.75, 3.05) is 82.0 Å². The van der Waals surface area contributed by atoms with Crippen molar-refractivity contribution in [3.63, 3.8) is 0 Å². The van der Waals surface area contributed by atoms with Gasteiger partial charge in [0.2, 0.25) is 0 Å². The number of hydrogen-bond donors (Lipinski definition) is 4. The molecule has 0 aliphatic carbocycles. The number of anilines is 2. The standard InChI is InChI=1S/C47H70N8O8/c1-9-54-40-13-12-31(53-18-20-62-34(27-53)23-39(49-45(60)63-46(4,5)6)43(57)55-14-10-11-38(50-55)44(58)59)21-35(40)37(24-47(7,8)29-56)42(54)36-22-32(25-48-41(36)30(2)3)52-16-15-51-17-19-61-28-33(51)26-52/h12-13,21-22,25,30,33-34,38-39,50,56H,9-11,14-20,23-24,26-29H2,1-8H3,(H,49,60)(H,58,59)/t33-,34-,38-,39-/m0/s1. The van der Waals surface area contributed by atoms with E-state index in [9.17, 15) is 24.6 Å². The molecule has 0 unspecified atom stereocenters. The van der Waals surface area contributed by atoms with Crippen LogP contribution in [0.3, 0.4) is 0 Å². The number of carbonyl (C=O) groups excluding carboxylic acids is 2. The molecule has 2 amide bonds. The van der Waals surface area contributed by atoms with Crippen molar-refractivity contribution in [1.29, 1.82) is 0 Å². The van der Waals surface area contributed by atoms with Gasteiger partial charge in [0.1, 0.15) is 17.7 Å². The van der Waals surface area contributed by atoms with Crippen molar-refractivity contribution in [1.82, 2.24) is 30.2 Å². The molecule has 0 saturated carbocycles. The lowest BCUT2D eigenvalue weighted by molar-refractivity contribution is -0.148. The topological polar surface area (TPSA) is 174 Å². The van der Waals surface area contributed by atoms with E-state index in [0.29, 0.717) is 51.5 Å². The summed E-state index contributed by atoms with van der Waals surface area (Å²) in [6.07, 6.45) is 2.58. The van der Waals surface area contributed by atoms with E-state index in [1.54, 1.807) is 20.8 Å². The summed E-state index contributed by atoms with van der Waals surface area (Å²) < 4.78 is 20.1. The number of aliphatic carboxylic acids is 1. The number of hydrogen-bond acceptors (Lipinski definition) is 12. The Morgan fingerprint density at radius 2 is 1.78 bits per heavy atom. The van der Waals surface area contributed by atoms with Crippen LogP contribution < -0.4 is 20.5 Å². The Labute approximate surface area is 372 Å². The maximum Gasteiger partial charge on any atom is 0.408 e. The Morgan fingerprint density at radius 1 is 1.00 bits per heavy atom. The van der Waals surface area contributed by atoms with E-state index < -0.39 is 47.2 Å². The summed E-state index contributed by atoms with van der Waals surface area (Å²) >= 11 is 0. The molecule has 1 aromatic carbocycles. The van der Waals surface area contributed by atoms with Crippen LogP contribution in [-0.2, 0) is 36.8 Å². The smallest absolute Gasteiger partial charge is 0.408 e. The van der Waals surface area contributed by atoms with Crippen LogP contribution >= 0.6 is 0 Å². The molecule has 16 heteroatoms. The molecule has 0 spiro atoms. The Kier molecular flexibility index (Phi) is 14.3. The van der Waals surface area contributed by atoms with Gasteiger partial charge in [-0.1, -0.05) is 27.7 Å². The summed E-state index contributed by atoms with van der Waals surface area (Å²) in [6, 6.07) is 7.38. The van der Waals surface area contributed by atoms with Gasteiger partial charge in [0.15, 0.2) is 0 Å². The molecule has 346 valence electrons. The van der Waals surface area contributed by atoms with Gasteiger partial charge in [-0.25, -0.2) is 10.2 Å². The number of ether oxygens (including phenoxy) is 3. The van der Waals surface area contributed by atoms with Gasteiger partial charge >= 0.3 is 12.1 Å². The van der Waals surface area contributed by atoms with Crippen molar-refractivity contribution in [2.45, 2.75) is 123 Å². The number of benzene rings is 1. The average Bonchev–Trinajstić information content (AvgIpc) is 3.56. The average molecular weight is 875 g/mol. The van der Waals surface area contributed by atoms with E-state index in [1.807, 2.05) is 6.20 Å². The molecule has 4 N–H and O–H groups in total. The van der Waals surface area contributed by atoms with Gasteiger partial charge in [-0.05, 0) is 88.1 Å². The first-order valence-electron chi connectivity index (χ1n) is 22.9. The van der Waals surface area contributed by atoms with Gasteiger partial charge in [-0.3, -0.25) is 24.5 Å². The zero-order valence-corrected chi connectivity index (χ0v) is 38.6. The van der Waals surface area contributed by atoms with Crippen LogP contribution in [0.25, 0.3) is 22.2 Å². The number of piperazine rings is 1. The minimum absolute atomic E-state index is 0.0280. The van der Waals surface area contributed by atoms with Crippen LogP contribution in [0.4, 0.5) is 16.2 Å². The summed E-state index contributed by atoms with van der Waals surface area (Å²) in [7, 11) is 0. The maximum atomic E-state index is 14.0. The van der Waals surface area contributed by atoms with Gasteiger partial charge < -0.3 is 44.1 Å². The van der Waals surface area contributed by atoms with Crippen LogP contribution in [0, 0.1) is 5.41 Å². The van der Waals surface area contributed by atoms with E-state index in [0.717, 1.165) is 85.2 Å². The number of aryl methyl sites for hydroxylation is 1. The highest BCUT2D eigenvalue weighted by molar-refractivity contribution is 5.95. The monoisotopic (exact) mass is 875 g/mol. The molecule has 0 bridgehead atoms. The largest absolute Gasteiger partial charge is 0.480 e. The highest BCUT2D eigenvalue weighted by Gasteiger charge is 2.37. The van der Waals surface area contributed by atoms with E-state index in [2.05, 4.69) is 88.9 Å². The normalized spacial score (nSPS) is 22.0. The molecule has 63 heavy (non-hydrogen) atoms. The second kappa shape index (κ2) is 19.3. The van der Waals surface area contributed by atoms with Gasteiger partial charge in [0.05, 0.1) is 55.2 Å². The van der Waals surface area contributed by atoms with Crippen LogP contribution in [0.1, 0.15) is 91.8 Å². The van der Waals surface area contributed by atoms with E-state index in [-0.39, 0.29) is 18.9 Å². The van der Waals surface area contributed by atoms with Crippen LogP contribution in [0.5, 0.6) is 0 Å². The van der Waals surface area contributed by atoms with E-state index >= 15 is 0 Å². The fraction of sp³-hybridized carbons (Fsp3) is 0.660. The number of amides is 2. The first-order valence-corrected chi connectivity index (χ1v) is 22.9. The third kappa shape index (κ3) is 10.7. The van der Waals surface area contributed by atoms with Crippen molar-refractivity contribution in [2.24, 2.45) is 5.41 Å². The number of nitrogens with zero attached hydrogens (tertiary/aromatic N) is 6. The summed E-state index contributed by atoms with van der Waals surface area (Å²) in [5.41, 5.74) is 9.33. The minimum atomic E-state index is -1.04. The van der Waals surface area contributed by atoms with Gasteiger partial charge in [-0.2, -0.15) is 0 Å². The second-order valence-corrected chi connectivity index (χ2v) is 19.8. The summed E-state index contributed by atoms with van der Waals surface area (Å²) in [4.78, 5) is 51.4. The molecule has 4 aliphatic rings. The van der Waals surface area contributed by atoms with Gasteiger partial charge in [-0.15, -0.1) is 0 Å². The number of pyridine rings is 1.